The quantitative estimate of drug-likeness (QED) is 0.758. The highest BCUT2D eigenvalue weighted by molar-refractivity contribution is 5.81. The summed E-state index contributed by atoms with van der Waals surface area (Å²) in [4.78, 5) is 13.4. The summed E-state index contributed by atoms with van der Waals surface area (Å²) in [5.41, 5.74) is 0.326. The number of likely N-dealkylation sites (N-methyl/N-ethyl adjacent to an activating group) is 1. The Balaban J connectivity index is 3.84. The number of carbonyl (C=O) groups is 1. The van der Waals surface area contributed by atoms with E-state index in [-0.39, 0.29) is 11.9 Å². The lowest BCUT2D eigenvalue weighted by Crippen LogP contribution is -2.43. The van der Waals surface area contributed by atoms with E-state index in [0.29, 0.717) is 5.41 Å². The molecule has 0 heterocycles. The van der Waals surface area contributed by atoms with Gasteiger partial charge in [-0.15, -0.1) is 0 Å². The Bertz CT molecular complexity index is 196. The highest BCUT2D eigenvalue weighted by Gasteiger charge is 2.16. The van der Waals surface area contributed by atoms with Crippen molar-refractivity contribution < 1.29 is 4.79 Å². The zero-order chi connectivity index (χ0) is 12.1. The molecule has 3 heteroatoms. The fraction of sp³-hybridized carbons (Fsp3) is 0.917. The van der Waals surface area contributed by atoms with E-state index in [1.54, 1.807) is 4.90 Å². The molecule has 0 fully saturated rings. The third-order valence-electron chi connectivity index (χ3n) is 2.55. The molecule has 0 aromatic carbocycles. The zero-order valence-corrected chi connectivity index (χ0v) is 11.1. The molecule has 0 saturated heterocycles. The smallest absolute Gasteiger partial charge is 0.239 e. The lowest BCUT2D eigenvalue weighted by atomic mass is 9.92. The van der Waals surface area contributed by atoms with Crippen molar-refractivity contribution in [1.29, 1.82) is 0 Å². The number of amides is 1. The normalized spacial score (nSPS) is 13.7. The monoisotopic (exact) mass is 214 g/mol. The van der Waals surface area contributed by atoms with Crippen LogP contribution in [0.3, 0.4) is 0 Å². The molecular formula is C12H26N2O. The van der Waals surface area contributed by atoms with Crippen LogP contribution in [0.1, 0.15) is 41.0 Å². The number of carbonyl (C=O) groups excluding carboxylic acids is 1. The van der Waals surface area contributed by atoms with Gasteiger partial charge in [-0.25, -0.2) is 0 Å². The van der Waals surface area contributed by atoms with Crippen LogP contribution in [0, 0.1) is 5.41 Å². The maximum absolute atomic E-state index is 11.7. The lowest BCUT2D eigenvalue weighted by molar-refractivity contribution is -0.131. The van der Waals surface area contributed by atoms with Crippen LogP contribution in [0.4, 0.5) is 0 Å². The number of nitrogens with one attached hydrogen (secondary N) is 1. The van der Waals surface area contributed by atoms with Gasteiger partial charge in [-0.05, 0) is 32.2 Å². The standard InChI is InChI=1S/C12H26N2O/c1-7-14(6)11(15)10(2)13-9-8-12(3,4)5/h10,13H,7-9H2,1-6H3. The maximum Gasteiger partial charge on any atom is 0.239 e. The first-order chi connectivity index (χ1) is 6.78. The number of hydrogen-bond acceptors (Lipinski definition) is 2. The van der Waals surface area contributed by atoms with Crippen molar-refractivity contribution in [1.82, 2.24) is 10.2 Å². The van der Waals surface area contributed by atoms with Crippen LogP contribution in [-0.4, -0.2) is 37.0 Å². The summed E-state index contributed by atoms with van der Waals surface area (Å²) < 4.78 is 0. The largest absolute Gasteiger partial charge is 0.345 e. The van der Waals surface area contributed by atoms with Gasteiger partial charge in [0.1, 0.15) is 0 Å². The Labute approximate surface area is 94.2 Å². The average Bonchev–Trinajstić information content (AvgIpc) is 2.13. The van der Waals surface area contributed by atoms with Gasteiger partial charge in [0.2, 0.25) is 5.91 Å². The predicted octanol–water partition coefficient (Wildman–Crippen LogP) is 1.88. The van der Waals surface area contributed by atoms with Crippen molar-refractivity contribution in [3.8, 4) is 0 Å². The Morgan fingerprint density at radius 2 is 1.93 bits per heavy atom. The Kier molecular flexibility index (Phi) is 5.88. The van der Waals surface area contributed by atoms with Gasteiger partial charge in [-0.2, -0.15) is 0 Å². The summed E-state index contributed by atoms with van der Waals surface area (Å²) in [6, 6.07) is -0.0719. The van der Waals surface area contributed by atoms with Crippen LogP contribution in [0.2, 0.25) is 0 Å². The van der Waals surface area contributed by atoms with Crippen molar-refractivity contribution in [2.45, 2.75) is 47.1 Å². The van der Waals surface area contributed by atoms with Gasteiger partial charge >= 0.3 is 0 Å². The van der Waals surface area contributed by atoms with Crippen molar-refractivity contribution in [2.24, 2.45) is 5.41 Å². The van der Waals surface area contributed by atoms with Gasteiger partial charge in [0.25, 0.3) is 0 Å². The number of nitrogens with zero attached hydrogens (tertiary/aromatic N) is 1. The SMILES string of the molecule is CCN(C)C(=O)C(C)NCCC(C)(C)C. The minimum absolute atomic E-state index is 0.0719. The first kappa shape index (κ1) is 14.4. The van der Waals surface area contributed by atoms with Crippen LogP contribution in [0.25, 0.3) is 0 Å². The van der Waals surface area contributed by atoms with Gasteiger partial charge in [-0.3, -0.25) is 4.79 Å². The molecule has 0 bridgehead atoms. The second-order valence-corrected chi connectivity index (χ2v) is 5.34. The number of hydrogen-bond donors (Lipinski definition) is 1. The van der Waals surface area contributed by atoms with E-state index in [9.17, 15) is 4.79 Å². The Morgan fingerprint density at radius 3 is 2.33 bits per heavy atom. The first-order valence-corrected chi connectivity index (χ1v) is 5.76. The third kappa shape index (κ3) is 6.50. The molecule has 90 valence electrons. The molecule has 0 aromatic heterocycles. The van der Waals surface area contributed by atoms with Crippen LogP contribution in [-0.2, 0) is 4.79 Å². The van der Waals surface area contributed by atoms with E-state index >= 15 is 0 Å². The summed E-state index contributed by atoms with van der Waals surface area (Å²) in [6.07, 6.45) is 1.08. The molecule has 0 saturated carbocycles. The molecule has 0 aliphatic carbocycles. The minimum Gasteiger partial charge on any atom is -0.345 e. The van der Waals surface area contributed by atoms with E-state index in [4.69, 9.17) is 0 Å². The van der Waals surface area contributed by atoms with Gasteiger partial charge in [0.05, 0.1) is 6.04 Å². The highest BCUT2D eigenvalue weighted by Crippen LogP contribution is 2.17. The molecule has 0 radical (unpaired) electrons. The molecule has 0 aliphatic rings. The minimum atomic E-state index is -0.0719. The summed E-state index contributed by atoms with van der Waals surface area (Å²) in [5.74, 6) is 0.173. The van der Waals surface area contributed by atoms with E-state index in [2.05, 4.69) is 26.1 Å². The molecular weight excluding hydrogens is 188 g/mol. The van der Waals surface area contributed by atoms with E-state index in [1.165, 1.54) is 0 Å². The van der Waals surface area contributed by atoms with Crippen molar-refractivity contribution in [2.75, 3.05) is 20.1 Å². The molecule has 0 spiro atoms. The van der Waals surface area contributed by atoms with Crippen LogP contribution >= 0.6 is 0 Å². The average molecular weight is 214 g/mol. The molecule has 1 unspecified atom stereocenters. The van der Waals surface area contributed by atoms with Gasteiger partial charge in [0.15, 0.2) is 0 Å². The highest BCUT2D eigenvalue weighted by atomic mass is 16.2. The number of rotatable bonds is 5. The topological polar surface area (TPSA) is 32.3 Å². The second kappa shape index (κ2) is 6.11. The fourth-order valence-electron chi connectivity index (χ4n) is 1.24. The summed E-state index contributed by atoms with van der Waals surface area (Å²) in [6.45, 7) is 12.2. The van der Waals surface area contributed by atoms with Gasteiger partial charge in [-0.1, -0.05) is 20.8 Å². The second-order valence-electron chi connectivity index (χ2n) is 5.34. The molecule has 1 amide bonds. The van der Waals surface area contributed by atoms with Gasteiger partial charge in [0, 0.05) is 13.6 Å². The molecule has 3 nitrogen and oxygen atoms in total. The molecule has 1 N–H and O–H groups in total. The molecule has 0 aromatic rings. The van der Waals surface area contributed by atoms with Gasteiger partial charge < -0.3 is 10.2 Å². The van der Waals surface area contributed by atoms with Crippen molar-refractivity contribution >= 4 is 5.91 Å². The Morgan fingerprint density at radius 1 is 1.40 bits per heavy atom. The molecule has 15 heavy (non-hydrogen) atoms. The van der Waals surface area contributed by atoms with Crippen LogP contribution in [0.15, 0.2) is 0 Å². The summed E-state index contributed by atoms with van der Waals surface area (Å²) in [5, 5.41) is 3.26. The maximum atomic E-state index is 11.7. The predicted molar refractivity (Wildman–Crippen MR) is 64.8 cm³/mol. The Hall–Kier alpha value is -0.570. The van der Waals surface area contributed by atoms with E-state index in [1.807, 2.05) is 20.9 Å². The lowest BCUT2D eigenvalue weighted by Gasteiger charge is -2.23. The molecule has 0 rings (SSSR count). The fourth-order valence-corrected chi connectivity index (χ4v) is 1.24. The molecule has 0 aliphatic heterocycles. The summed E-state index contributed by atoms with van der Waals surface area (Å²) in [7, 11) is 1.84. The molecule has 1 atom stereocenters. The van der Waals surface area contributed by atoms with Crippen LogP contribution < -0.4 is 5.32 Å². The van der Waals surface area contributed by atoms with Crippen molar-refractivity contribution in [3.63, 3.8) is 0 Å². The van der Waals surface area contributed by atoms with E-state index in [0.717, 1.165) is 19.5 Å². The van der Waals surface area contributed by atoms with Crippen LogP contribution in [0.5, 0.6) is 0 Å². The summed E-state index contributed by atoms with van der Waals surface area (Å²) >= 11 is 0. The van der Waals surface area contributed by atoms with E-state index < -0.39 is 0 Å². The zero-order valence-electron chi connectivity index (χ0n) is 11.1. The third-order valence-corrected chi connectivity index (χ3v) is 2.55. The first-order valence-electron chi connectivity index (χ1n) is 5.76. The van der Waals surface area contributed by atoms with Crippen molar-refractivity contribution in [3.05, 3.63) is 0 Å².